The Kier molecular flexibility index (Phi) is 7.50. The third kappa shape index (κ3) is 5.41. The monoisotopic (exact) mass is 456 g/mol. The number of nitrogens with zero attached hydrogens (tertiary/aromatic N) is 1. The molecule has 3 aromatic rings. The fraction of sp³-hybridized carbons (Fsp3) is 0.250. The molecule has 0 aromatic heterocycles. The molecule has 4 N–H and O–H groups in total. The second kappa shape index (κ2) is 10.9. The molecule has 0 saturated carbocycles. The smallest absolute Gasteiger partial charge is 0.258 e. The molecule has 0 bridgehead atoms. The highest BCUT2D eigenvalue weighted by molar-refractivity contribution is 6.37. The second-order valence-corrected chi connectivity index (χ2v) is 8.25. The van der Waals surface area contributed by atoms with E-state index >= 15 is 0 Å². The Morgan fingerprint density at radius 1 is 1.00 bits per heavy atom. The van der Waals surface area contributed by atoms with Gasteiger partial charge >= 0.3 is 0 Å². The lowest BCUT2D eigenvalue weighted by atomic mass is 9.99. The third-order valence-corrected chi connectivity index (χ3v) is 6.01. The minimum Gasteiger partial charge on any atom is -0.494 e. The molecule has 3 aromatic carbocycles. The van der Waals surface area contributed by atoms with E-state index in [1.54, 1.807) is 6.07 Å². The molecular formula is C28H32N4O2. The predicted molar refractivity (Wildman–Crippen MR) is 141 cm³/mol. The Morgan fingerprint density at radius 2 is 1.74 bits per heavy atom. The van der Waals surface area contributed by atoms with E-state index in [-0.39, 0.29) is 5.91 Å². The van der Waals surface area contributed by atoms with Crippen molar-refractivity contribution in [1.82, 2.24) is 4.90 Å². The quantitative estimate of drug-likeness (QED) is 0.219. The van der Waals surface area contributed by atoms with Crippen LogP contribution >= 0.6 is 0 Å². The lowest BCUT2D eigenvalue weighted by molar-refractivity contribution is -0.110. The Balaban J connectivity index is 1.55. The maximum atomic E-state index is 13.0. The molecule has 0 aliphatic carbocycles. The molecule has 1 amide bonds. The molecule has 1 aliphatic rings. The number of nitrogen functional groups attached to an aromatic ring is 1. The number of nitrogens with two attached hydrogens (primary N) is 1. The van der Waals surface area contributed by atoms with Crippen molar-refractivity contribution in [2.45, 2.75) is 20.3 Å². The van der Waals surface area contributed by atoms with Gasteiger partial charge in [-0.15, -0.1) is 0 Å². The Morgan fingerprint density at radius 3 is 2.44 bits per heavy atom. The van der Waals surface area contributed by atoms with Crippen LogP contribution in [0.1, 0.15) is 31.4 Å². The number of ether oxygens (including phenoxy) is 1. The van der Waals surface area contributed by atoms with E-state index in [0.29, 0.717) is 17.9 Å². The molecule has 1 aliphatic heterocycles. The first-order valence-corrected chi connectivity index (χ1v) is 11.8. The highest BCUT2D eigenvalue weighted by atomic mass is 16.5. The molecule has 0 fully saturated rings. The zero-order valence-electron chi connectivity index (χ0n) is 19.8. The number of nitrogens with one attached hydrogen (secondary N) is 2. The van der Waals surface area contributed by atoms with Gasteiger partial charge in [-0.3, -0.25) is 4.79 Å². The molecule has 6 nitrogen and oxygen atoms in total. The topological polar surface area (TPSA) is 79.6 Å². The Labute approximate surface area is 201 Å². The van der Waals surface area contributed by atoms with Crippen LogP contribution in [0.25, 0.3) is 11.3 Å². The molecule has 6 heteroatoms. The van der Waals surface area contributed by atoms with E-state index in [4.69, 9.17) is 10.5 Å². The van der Waals surface area contributed by atoms with Crippen molar-refractivity contribution in [2.75, 3.05) is 42.6 Å². The summed E-state index contributed by atoms with van der Waals surface area (Å²) >= 11 is 0. The van der Waals surface area contributed by atoms with E-state index in [1.807, 2.05) is 66.7 Å². The second-order valence-electron chi connectivity index (χ2n) is 8.25. The van der Waals surface area contributed by atoms with Gasteiger partial charge in [0.05, 0.1) is 17.9 Å². The number of carbonyl (C=O) groups excluding carboxylic acids is 1. The number of rotatable bonds is 10. The number of hydrogen-bond acceptors (Lipinski definition) is 5. The average molecular weight is 457 g/mol. The lowest BCUT2D eigenvalue weighted by Crippen LogP contribution is -2.25. The van der Waals surface area contributed by atoms with Gasteiger partial charge in [-0.2, -0.15) is 0 Å². The van der Waals surface area contributed by atoms with Gasteiger partial charge in [0.25, 0.3) is 5.91 Å². The molecule has 0 saturated heterocycles. The number of anilines is 3. The van der Waals surface area contributed by atoms with Gasteiger partial charge in [-0.25, -0.2) is 0 Å². The van der Waals surface area contributed by atoms with Gasteiger partial charge in [0.2, 0.25) is 0 Å². The average Bonchev–Trinajstić information content (AvgIpc) is 3.18. The van der Waals surface area contributed by atoms with Crippen LogP contribution in [0.2, 0.25) is 0 Å². The molecule has 1 heterocycles. The Bertz CT molecular complexity index is 1150. The molecule has 0 radical (unpaired) electrons. The van der Waals surface area contributed by atoms with Crippen molar-refractivity contribution >= 4 is 34.2 Å². The van der Waals surface area contributed by atoms with Crippen molar-refractivity contribution < 1.29 is 9.53 Å². The predicted octanol–water partition coefficient (Wildman–Crippen LogP) is 5.31. The number of amides is 1. The molecule has 176 valence electrons. The van der Waals surface area contributed by atoms with Gasteiger partial charge in [-0.05, 0) is 67.5 Å². The fourth-order valence-corrected chi connectivity index (χ4v) is 4.11. The van der Waals surface area contributed by atoms with Gasteiger partial charge in [0.1, 0.15) is 5.75 Å². The van der Waals surface area contributed by atoms with E-state index in [0.717, 1.165) is 60.0 Å². The molecule has 34 heavy (non-hydrogen) atoms. The summed E-state index contributed by atoms with van der Waals surface area (Å²) in [6, 6.07) is 23.2. The SMILES string of the molecule is CCN(CC)CCCOc1ccc(NC(=C2C(=O)Nc3ccc(N)cc32)c2ccccc2)cc1. The lowest BCUT2D eigenvalue weighted by Gasteiger charge is -2.18. The highest BCUT2D eigenvalue weighted by Gasteiger charge is 2.28. The first-order chi connectivity index (χ1) is 16.6. The van der Waals surface area contributed by atoms with Crippen LogP contribution in [0.15, 0.2) is 72.8 Å². The Hall–Kier alpha value is -3.77. The number of fused-ring (bicyclic) bond motifs is 1. The van der Waals surface area contributed by atoms with Crippen molar-refractivity contribution in [3.05, 3.63) is 83.9 Å². The van der Waals surface area contributed by atoms with Crippen LogP contribution in [0.3, 0.4) is 0 Å². The van der Waals surface area contributed by atoms with E-state index in [1.165, 1.54) is 0 Å². The van der Waals surface area contributed by atoms with E-state index in [2.05, 4.69) is 29.4 Å². The summed E-state index contributed by atoms with van der Waals surface area (Å²) in [6.07, 6.45) is 0.990. The summed E-state index contributed by atoms with van der Waals surface area (Å²) in [7, 11) is 0. The summed E-state index contributed by atoms with van der Waals surface area (Å²) in [6.45, 7) is 8.20. The minimum atomic E-state index is -0.153. The zero-order chi connectivity index (χ0) is 23.9. The summed E-state index contributed by atoms with van der Waals surface area (Å²) < 4.78 is 5.92. The van der Waals surface area contributed by atoms with Gasteiger partial charge in [0.15, 0.2) is 0 Å². The van der Waals surface area contributed by atoms with Gasteiger partial charge in [-0.1, -0.05) is 44.2 Å². The molecule has 0 atom stereocenters. The van der Waals surface area contributed by atoms with Crippen molar-refractivity contribution in [1.29, 1.82) is 0 Å². The van der Waals surface area contributed by atoms with Gasteiger partial charge < -0.3 is 26.0 Å². The van der Waals surface area contributed by atoms with Crippen LogP contribution < -0.4 is 21.1 Å². The summed E-state index contributed by atoms with van der Waals surface area (Å²) in [5.74, 6) is 0.677. The summed E-state index contributed by atoms with van der Waals surface area (Å²) in [5.41, 5.74) is 11.3. The van der Waals surface area contributed by atoms with Crippen LogP contribution in [0.5, 0.6) is 5.75 Å². The molecule has 0 spiro atoms. The van der Waals surface area contributed by atoms with Crippen LogP contribution in [-0.2, 0) is 4.79 Å². The summed E-state index contributed by atoms with van der Waals surface area (Å²) in [4.78, 5) is 15.4. The van der Waals surface area contributed by atoms with Crippen molar-refractivity contribution in [3.8, 4) is 5.75 Å². The van der Waals surface area contributed by atoms with Crippen LogP contribution in [0, 0.1) is 0 Å². The minimum absolute atomic E-state index is 0.153. The van der Waals surface area contributed by atoms with Crippen molar-refractivity contribution in [2.24, 2.45) is 0 Å². The zero-order valence-corrected chi connectivity index (χ0v) is 19.8. The first kappa shape index (κ1) is 23.4. The summed E-state index contributed by atoms with van der Waals surface area (Å²) in [5, 5.41) is 6.42. The normalized spacial score (nSPS) is 14.0. The number of hydrogen-bond donors (Lipinski definition) is 3. The van der Waals surface area contributed by atoms with Crippen molar-refractivity contribution in [3.63, 3.8) is 0 Å². The fourth-order valence-electron chi connectivity index (χ4n) is 4.11. The first-order valence-electron chi connectivity index (χ1n) is 11.8. The standard InChI is InChI=1S/C28H32N4O2/c1-3-32(4-2)17-8-18-34-23-14-12-22(13-15-23)30-27(20-9-6-5-7-10-20)26-24-19-21(29)11-16-25(24)31-28(26)33/h5-7,9-16,19,30H,3-4,8,17-18,29H2,1-2H3,(H,31,33). The van der Waals surface area contributed by atoms with Gasteiger partial charge in [0, 0.05) is 29.2 Å². The largest absolute Gasteiger partial charge is 0.494 e. The van der Waals surface area contributed by atoms with E-state index < -0.39 is 0 Å². The molecule has 4 rings (SSSR count). The number of benzene rings is 3. The molecular weight excluding hydrogens is 424 g/mol. The highest BCUT2D eigenvalue weighted by Crippen LogP contribution is 2.38. The number of carbonyl (C=O) groups is 1. The van der Waals surface area contributed by atoms with Crippen LogP contribution in [-0.4, -0.2) is 37.0 Å². The maximum Gasteiger partial charge on any atom is 0.258 e. The maximum absolute atomic E-state index is 13.0. The third-order valence-electron chi connectivity index (χ3n) is 6.01. The molecule has 0 unspecified atom stereocenters. The van der Waals surface area contributed by atoms with E-state index in [9.17, 15) is 4.79 Å². The van der Waals surface area contributed by atoms with Crippen LogP contribution in [0.4, 0.5) is 17.1 Å².